The molecule has 1 saturated carbocycles. The number of halogens is 1. The van der Waals surface area contributed by atoms with Crippen molar-refractivity contribution in [3.05, 3.63) is 0 Å². The highest BCUT2D eigenvalue weighted by molar-refractivity contribution is 6.27. The van der Waals surface area contributed by atoms with E-state index in [0.29, 0.717) is 6.42 Å². The monoisotopic (exact) mass is 177 g/mol. The second kappa shape index (κ2) is 3.93. The van der Waals surface area contributed by atoms with Crippen molar-refractivity contribution in [1.29, 1.82) is 0 Å². The molecule has 4 heteroatoms. The summed E-state index contributed by atoms with van der Waals surface area (Å²) in [5.41, 5.74) is 0. The highest BCUT2D eigenvalue weighted by atomic mass is 35.5. The predicted octanol–water partition coefficient (Wildman–Crippen LogP) is 0.255. The molecule has 0 spiro atoms. The Morgan fingerprint density at radius 1 is 1.64 bits per heavy atom. The number of alkyl halides is 1. The summed E-state index contributed by atoms with van der Waals surface area (Å²) in [7, 11) is 0. The Labute approximate surface area is 70.7 Å². The highest BCUT2D eigenvalue weighted by Gasteiger charge is 2.23. The van der Waals surface area contributed by atoms with Crippen LogP contribution in [0.1, 0.15) is 19.3 Å². The summed E-state index contributed by atoms with van der Waals surface area (Å²) in [6, 6.07) is 0.135. The SMILES string of the molecule is O=C(CCl)N[C@H]1CC[C@H](O)C1. The van der Waals surface area contributed by atoms with Crippen molar-refractivity contribution in [2.24, 2.45) is 0 Å². The molecular weight excluding hydrogens is 166 g/mol. The van der Waals surface area contributed by atoms with E-state index in [0.717, 1.165) is 12.8 Å². The second-order valence-electron chi connectivity index (χ2n) is 2.86. The van der Waals surface area contributed by atoms with Gasteiger partial charge in [-0.15, -0.1) is 11.6 Å². The van der Waals surface area contributed by atoms with Crippen molar-refractivity contribution >= 4 is 17.5 Å². The van der Waals surface area contributed by atoms with Gasteiger partial charge in [-0.25, -0.2) is 0 Å². The third kappa shape index (κ3) is 2.67. The fraction of sp³-hybridized carbons (Fsp3) is 0.857. The summed E-state index contributed by atoms with van der Waals surface area (Å²) in [5, 5.41) is 11.8. The van der Waals surface area contributed by atoms with Crippen LogP contribution in [0.4, 0.5) is 0 Å². The Morgan fingerprint density at radius 3 is 2.82 bits per heavy atom. The normalized spacial score (nSPS) is 30.4. The first-order valence-corrected chi connectivity index (χ1v) is 4.29. The third-order valence-corrected chi connectivity index (χ3v) is 2.13. The summed E-state index contributed by atoms with van der Waals surface area (Å²) >= 11 is 5.29. The van der Waals surface area contributed by atoms with Gasteiger partial charge in [0.1, 0.15) is 5.88 Å². The van der Waals surface area contributed by atoms with E-state index in [1.165, 1.54) is 0 Å². The van der Waals surface area contributed by atoms with Crippen LogP contribution in [-0.4, -0.2) is 29.0 Å². The van der Waals surface area contributed by atoms with Crippen LogP contribution in [0.15, 0.2) is 0 Å². The van der Waals surface area contributed by atoms with Gasteiger partial charge in [0, 0.05) is 6.04 Å². The number of aliphatic hydroxyl groups is 1. The molecule has 0 bridgehead atoms. The first-order chi connectivity index (χ1) is 5.22. The van der Waals surface area contributed by atoms with E-state index in [1.54, 1.807) is 0 Å². The quantitative estimate of drug-likeness (QED) is 0.595. The van der Waals surface area contributed by atoms with Gasteiger partial charge in [-0.1, -0.05) is 0 Å². The fourth-order valence-electron chi connectivity index (χ4n) is 1.36. The number of hydrogen-bond acceptors (Lipinski definition) is 2. The minimum absolute atomic E-state index is 0.00654. The Balaban J connectivity index is 2.23. The summed E-state index contributed by atoms with van der Waals surface area (Å²) in [5.74, 6) is -0.141. The first-order valence-electron chi connectivity index (χ1n) is 3.75. The molecular formula is C7H12ClNO2. The third-order valence-electron chi connectivity index (χ3n) is 1.89. The maximum absolute atomic E-state index is 10.7. The molecule has 1 aliphatic rings. The fourth-order valence-corrected chi connectivity index (χ4v) is 1.43. The van der Waals surface area contributed by atoms with E-state index in [9.17, 15) is 4.79 Å². The zero-order chi connectivity index (χ0) is 8.27. The Hall–Kier alpha value is -0.280. The molecule has 0 aliphatic heterocycles. The van der Waals surface area contributed by atoms with Crippen LogP contribution in [0, 0.1) is 0 Å². The van der Waals surface area contributed by atoms with Crippen LogP contribution in [0.3, 0.4) is 0 Å². The number of rotatable bonds is 2. The lowest BCUT2D eigenvalue weighted by Crippen LogP contribution is -2.33. The van der Waals surface area contributed by atoms with Gasteiger partial charge in [-0.2, -0.15) is 0 Å². The number of carbonyl (C=O) groups excluding carboxylic acids is 1. The lowest BCUT2D eigenvalue weighted by molar-refractivity contribution is -0.119. The number of amides is 1. The lowest BCUT2D eigenvalue weighted by Gasteiger charge is -2.09. The van der Waals surface area contributed by atoms with E-state index < -0.39 is 0 Å². The highest BCUT2D eigenvalue weighted by Crippen LogP contribution is 2.18. The van der Waals surface area contributed by atoms with E-state index in [2.05, 4.69) is 5.32 Å². The zero-order valence-corrected chi connectivity index (χ0v) is 6.97. The average Bonchev–Trinajstić information content (AvgIpc) is 2.35. The number of aliphatic hydroxyl groups excluding tert-OH is 1. The van der Waals surface area contributed by atoms with Gasteiger partial charge in [0.25, 0.3) is 0 Å². The molecule has 0 aromatic rings. The molecule has 1 aliphatic carbocycles. The van der Waals surface area contributed by atoms with Gasteiger partial charge in [-0.05, 0) is 19.3 Å². The largest absolute Gasteiger partial charge is 0.393 e. The molecule has 64 valence electrons. The van der Waals surface area contributed by atoms with Gasteiger partial charge < -0.3 is 10.4 Å². The van der Waals surface area contributed by atoms with Crippen LogP contribution < -0.4 is 5.32 Å². The molecule has 0 unspecified atom stereocenters. The van der Waals surface area contributed by atoms with Gasteiger partial charge in [0.15, 0.2) is 0 Å². The van der Waals surface area contributed by atoms with Crippen LogP contribution in [0.25, 0.3) is 0 Å². The van der Waals surface area contributed by atoms with Crippen molar-refractivity contribution in [1.82, 2.24) is 5.32 Å². The van der Waals surface area contributed by atoms with Gasteiger partial charge in [0.05, 0.1) is 6.10 Å². The van der Waals surface area contributed by atoms with E-state index in [4.69, 9.17) is 16.7 Å². The molecule has 0 aromatic carbocycles. The van der Waals surface area contributed by atoms with Crippen LogP contribution in [0.2, 0.25) is 0 Å². The Bertz CT molecular complexity index is 151. The summed E-state index contributed by atoms with van der Waals surface area (Å²) in [4.78, 5) is 10.7. The van der Waals surface area contributed by atoms with Gasteiger partial charge in [-0.3, -0.25) is 4.79 Å². The standard InChI is InChI=1S/C7H12ClNO2/c8-4-7(11)9-5-1-2-6(10)3-5/h5-6,10H,1-4H2,(H,9,11)/t5-,6-/m0/s1. The van der Waals surface area contributed by atoms with Crippen LogP contribution in [0.5, 0.6) is 0 Å². The summed E-state index contributed by atoms with van der Waals surface area (Å²) in [6.45, 7) is 0. The van der Waals surface area contributed by atoms with E-state index in [-0.39, 0.29) is 23.9 Å². The first kappa shape index (κ1) is 8.81. The topological polar surface area (TPSA) is 49.3 Å². The molecule has 0 aromatic heterocycles. The smallest absolute Gasteiger partial charge is 0.235 e. The van der Waals surface area contributed by atoms with Crippen molar-refractivity contribution in [2.45, 2.75) is 31.4 Å². The van der Waals surface area contributed by atoms with Crippen molar-refractivity contribution in [3.8, 4) is 0 Å². The van der Waals surface area contributed by atoms with Crippen molar-refractivity contribution < 1.29 is 9.90 Å². The van der Waals surface area contributed by atoms with Crippen LogP contribution >= 0.6 is 11.6 Å². The maximum atomic E-state index is 10.7. The Morgan fingerprint density at radius 2 is 2.36 bits per heavy atom. The van der Waals surface area contributed by atoms with Gasteiger partial charge >= 0.3 is 0 Å². The maximum Gasteiger partial charge on any atom is 0.235 e. The van der Waals surface area contributed by atoms with E-state index >= 15 is 0 Å². The molecule has 3 nitrogen and oxygen atoms in total. The molecule has 1 amide bonds. The minimum atomic E-state index is -0.240. The summed E-state index contributed by atoms with van der Waals surface area (Å²) < 4.78 is 0. The summed E-state index contributed by atoms with van der Waals surface area (Å²) in [6.07, 6.45) is 2.08. The van der Waals surface area contributed by atoms with Gasteiger partial charge in [0.2, 0.25) is 5.91 Å². The number of nitrogens with one attached hydrogen (secondary N) is 1. The lowest BCUT2D eigenvalue weighted by atomic mass is 10.2. The molecule has 11 heavy (non-hydrogen) atoms. The number of carbonyl (C=O) groups is 1. The molecule has 0 radical (unpaired) electrons. The number of hydrogen-bond donors (Lipinski definition) is 2. The average molecular weight is 178 g/mol. The molecule has 0 heterocycles. The van der Waals surface area contributed by atoms with Crippen LogP contribution in [-0.2, 0) is 4.79 Å². The van der Waals surface area contributed by atoms with Crippen molar-refractivity contribution in [3.63, 3.8) is 0 Å². The minimum Gasteiger partial charge on any atom is -0.393 e. The predicted molar refractivity (Wildman–Crippen MR) is 42.5 cm³/mol. The Kier molecular flexibility index (Phi) is 3.15. The van der Waals surface area contributed by atoms with Crippen molar-refractivity contribution in [2.75, 3.05) is 5.88 Å². The molecule has 0 saturated heterocycles. The zero-order valence-electron chi connectivity index (χ0n) is 6.22. The second-order valence-corrected chi connectivity index (χ2v) is 3.13. The molecule has 1 fully saturated rings. The van der Waals surface area contributed by atoms with E-state index in [1.807, 2.05) is 0 Å². The molecule has 1 rings (SSSR count). The molecule has 2 N–H and O–H groups in total. The molecule has 2 atom stereocenters.